The van der Waals surface area contributed by atoms with Crippen LogP contribution >= 0.6 is 23.7 Å². The van der Waals surface area contributed by atoms with Gasteiger partial charge in [-0.15, -0.1) is 23.7 Å². The number of hydrogen-bond donors (Lipinski definition) is 4. The SMILES string of the molecule is CN1CCc2nc(C(=O)N[C@H](CO)CNC(=O)C(N)=O)sc2C1.Cl. The van der Waals surface area contributed by atoms with Crippen LogP contribution < -0.4 is 16.4 Å². The molecule has 0 bridgehead atoms. The van der Waals surface area contributed by atoms with Gasteiger partial charge < -0.3 is 26.4 Å². The molecule has 9 nitrogen and oxygen atoms in total. The summed E-state index contributed by atoms with van der Waals surface area (Å²) in [4.78, 5) is 41.5. The predicted molar refractivity (Wildman–Crippen MR) is 89.9 cm³/mol. The van der Waals surface area contributed by atoms with Crippen LogP contribution in [0.1, 0.15) is 20.4 Å². The number of aliphatic hydroxyl groups is 1. The number of nitrogens with two attached hydrogens (primary N) is 1. The summed E-state index contributed by atoms with van der Waals surface area (Å²) in [6.07, 6.45) is 0.799. The Kier molecular flexibility index (Phi) is 7.55. The van der Waals surface area contributed by atoms with Gasteiger partial charge in [-0.2, -0.15) is 0 Å². The molecule has 134 valence electrons. The second kappa shape index (κ2) is 8.92. The van der Waals surface area contributed by atoms with E-state index in [0.29, 0.717) is 5.01 Å². The number of likely N-dealkylation sites (N-methyl/N-ethyl adjacent to an activating group) is 1. The Balaban J connectivity index is 0.00000288. The fraction of sp³-hybridized carbons (Fsp3) is 0.538. The number of carbonyl (C=O) groups excluding carboxylic acids is 3. The summed E-state index contributed by atoms with van der Waals surface area (Å²) in [5, 5.41) is 14.4. The highest BCUT2D eigenvalue weighted by molar-refractivity contribution is 7.13. The van der Waals surface area contributed by atoms with E-state index in [1.165, 1.54) is 11.3 Å². The van der Waals surface area contributed by atoms with Gasteiger partial charge >= 0.3 is 11.8 Å². The standard InChI is InChI=1S/C13H19N5O4S.ClH/c1-18-3-2-8-9(5-18)23-13(17-8)12(22)16-7(6-19)4-15-11(21)10(14)20;/h7,19H,2-6H2,1H3,(H2,14,20)(H,15,21)(H,16,22);1H/t7-;/m0./s1. The van der Waals surface area contributed by atoms with Crippen LogP contribution in [-0.4, -0.2) is 65.5 Å². The van der Waals surface area contributed by atoms with Crippen molar-refractivity contribution >= 4 is 41.5 Å². The molecule has 0 saturated heterocycles. The number of aliphatic hydroxyl groups excluding tert-OH is 1. The Morgan fingerprint density at radius 1 is 1.46 bits per heavy atom. The third-order valence-electron chi connectivity index (χ3n) is 3.40. The number of nitrogens with zero attached hydrogens (tertiary/aromatic N) is 2. The van der Waals surface area contributed by atoms with Gasteiger partial charge in [0.05, 0.1) is 18.3 Å². The second-order valence-electron chi connectivity index (χ2n) is 5.30. The number of hydrogen-bond acceptors (Lipinski definition) is 7. The minimum Gasteiger partial charge on any atom is -0.394 e. The van der Waals surface area contributed by atoms with Gasteiger partial charge in [-0.3, -0.25) is 14.4 Å². The maximum Gasteiger partial charge on any atom is 0.309 e. The molecule has 1 aliphatic rings. The van der Waals surface area contributed by atoms with Gasteiger partial charge in [-0.05, 0) is 7.05 Å². The molecule has 0 radical (unpaired) electrons. The maximum absolute atomic E-state index is 12.2. The lowest BCUT2D eigenvalue weighted by atomic mass is 10.2. The van der Waals surface area contributed by atoms with Crippen LogP contribution in [0.3, 0.4) is 0 Å². The zero-order valence-electron chi connectivity index (χ0n) is 13.1. The monoisotopic (exact) mass is 377 g/mol. The molecule has 0 fully saturated rings. The molecule has 0 aromatic carbocycles. The van der Waals surface area contributed by atoms with E-state index in [4.69, 9.17) is 5.73 Å². The molecular weight excluding hydrogens is 358 g/mol. The van der Waals surface area contributed by atoms with Crippen molar-refractivity contribution in [3.05, 3.63) is 15.6 Å². The fourth-order valence-corrected chi connectivity index (χ4v) is 3.22. The maximum atomic E-state index is 12.2. The summed E-state index contributed by atoms with van der Waals surface area (Å²) in [6, 6.07) is -0.727. The summed E-state index contributed by atoms with van der Waals surface area (Å²) in [5.74, 6) is -2.50. The smallest absolute Gasteiger partial charge is 0.309 e. The van der Waals surface area contributed by atoms with Crippen molar-refractivity contribution in [1.82, 2.24) is 20.5 Å². The van der Waals surface area contributed by atoms with Crippen molar-refractivity contribution in [3.63, 3.8) is 0 Å². The molecule has 0 spiro atoms. The molecule has 2 rings (SSSR count). The number of halogens is 1. The molecule has 0 saturated carbocycles. The topological polar surface area (TPSA) is 138 Å². The number of fused-ring (bicyclic) bond motifs is 1. The highest BCUT2D eigenvalue weighted by Gasteiger charge is 2.23. The summed E-state index contributed by atoms with van der Waals surface area (Å²) in [6.45, 7) is 1.17. The van der Waals surface area contributed by atoms with Gasteiger partial charge in [-0.1, -0.05) is 0 Å². The van der Waals surface area contributed by atoms with Gasteiger partial charge in [0, 0.05) is 30.9 Å². The van der Waals surface area contributed by atoms with Crippen LogP contribution in [0.5, 0.6) is 0 Å². The lowest BCUT2D eigenvalue weighted by molar-refractivity contribution is -0.137. The van der Waals surface area contributed by atoms with E-state index < -0.39 is 30.4 Å². The molecule has 3 amide bonds. The fourth-order valence-electron chi connectivity index (χ4n) is 2.13. The number of carbonyl (C=O) groups is 3. The van der Waals surface area contributed by atoms with E-state index >= 15 is 0 Å². The largest absolute Gasteiger partial charge is 0.394 e. The number of primary amides is 1. The first-order valence-corrected chi connectivity index (χ1v) is 7.88. The van der Waals surface area contributed by atoms with Crippen molar-refractivity contribution in [3.8, 4) is 0 Å². The van der Waals surface area contributed by atoms with Crippen LogP contribution in [0.2, 0.25) is 0 Å². The molecule has 24 heavy (non-hydrogen) atoms. The van der Waals surface area contributed by atoms with Crippen LogP contribution in [-0.2, 0) is 22.6 Å². The molecule has 2 heterocycles. The molecule has 0 aliphatic carbocycles. The quantitative estimate of drug-likeness (QED) is 0.449. The summed E-state index contributed by atoms with van der Waals surface area (Å²) in [7, 11) is 2.01. The first kappa shape index (κ1) is 20.3. The first-order valence-electron chi connectivity index (χ1n) is 7.07. The molecule has 0 unspecified atom stereocenters. The average Bonchev–Trinajstić information content (AvgIpc) is 2.93. The Bertz CT molecular complexity index is 624. The Morgan fingerprint density at radius 2 is 2.17 bits per heavy atom. The summed E-state index contributed by atoms with van der Waals surface area (Å²) < 4.78 is 0. The number of nitrogens with one attached hydrogen (secondary N) is 2. The van der Waals surface area contributed by atoms with Gasteiger partial charge in [0.25, 0.3) is 5.91 Å². The summed E-state index contributed by atoms with van der Waals surface area (Å²) >= 11 is 1.32. The van der Waals surface area contributed by atoms with E-state index in [9.17, 15) is 19.5 Å². The van der Waals surface area contributed by atoms with Crippen molar-refractivity contribution in [2.24, 2.45) is 5.73 Å². The van der Waals surface area contributed by atoms with Crippen LogP contribution in [0, 0.1) is 0 Å². The predicted octanol–water partition coefficient (Wildman–Crippen LogP) is -1.75. The van der Waals surface area contributed by atoms with Gasteiger partial charge in [0.15, 0.2) is 5.01 Å². The van der Waals surface area contributed by atoms with Crippen LogP contribution in [0.15, 0.2) is 0 Å². The molecule has 1 aromatic rings. The third-order valence-corrected chi connectivity index (χ3v) is 4.49. The van der Waals surface area contributed by atoms with E-state index in [0.717, 1.165) is 30.1 Å². The van der Waals surface area contributed by atoms with Crippen molar-refractivity contribution in [2.45, 2.75) is 19.0 Å². The minimum atomic E-state index is -1.12. The zero-order chi connectivity index (χ0) is 17.0. The number of rotatable bonds is 5. The first-order chi connectivity index (χ1) is 10.9. The van der Waals surface area contributed by atoms with Crippen molar-refractivity contribution in [2.75, 3.05) is 26.7 Å². The van der Waals surface area contributed by atoms with Crippen LogP contribution in [0.4, 0.5) is 0 Å². The minimum absolute atomic E-state index is 0. The molecule has 11 heteroatoms. The Labute approximate surface area is 149 Å². The van der Waals surface area contributed by atoms with Crippen molar-refractivity contribution < 1.29 is 19.5 Å². The lowest BCUT2D eigenvalue weighted by Crippen LogP contribution is -2.48. The zero-order valence-corrected chi connectivity index (χ0v) is 14.7. The van der Waals surface area contributed by atoms with E-state index in [1.807, 2.05) is 7.05 Å². The second-order valence-corrected chi connectivity index (χ2v) is 6.39. The number of thiazole rings is 1. The summed E-state index contributed by atoms with van der Waals surface area (Å²) in [5.41, 5.74) is 5.74. The highest BCUT2D eigenvalue weighted by atomic mass is 35.5. The number of amides is 3. The van der Waals surface area contributed by atoms with E-state index in [2.05, 4.69) is 20.5 Å². The van der Waals surface area contributed by atoms with Gasteiger partial charge in [0.1, 0.15) is 0 Å². The lowest BCUT2D eigenvalue weighted by Gasteiger charge is -2.20. The highest BCUT2D eigenvalue weighted by Crippen LogP contribution is 2.24. The molecule has 1 aromatic heterocycles. The number of aromatic nitrogens is 1. The molecule has 1 atom stereocenters. The molecular formula is C13H20ClN5O4S. The van der Waals surface area contributed by atoms with Gasteiger partial charge in [-0.25, -0.2) is 4.98 Å². The normalized spacial score (nSPS) is 14.9. The van der Waals surface area contributed by atoms with E-state index in [1.54, 1.807) is 0 Å². The third kappa shape index (κ3) is 5.13. The Morgan fingerprint density at radius 3 is 2.79 bits per heavy atom. The van der Waals surface area contributed by atoms with E-state index in [-0.39, 0.29) is 19.0 Å². The molecule has 5 N–H and O–H groups in total. The van der Waals surface area contributed by atoms with Crippen LogP contribution in [0.25, 0.3) is 0 Å². The van der Waals surface area contributed by atoms with Gasteiger partial charge in [0.2, 0.25) is 0 Å². The Hall–Kier alpha value is -1.75. The molecule has 1 aliphatic heterocycles. The average molecular weight is 378 g/mol. The van der Waals surface area contributed by atoms with Crippen molar-refractivity contribution in [1.29, 1.82) is 0 Å².